The van der Waals surface area contributed by atoms with E-state index in [1.165, 1.54) is 0 Å². The summed E-state index contributed by atoms with van der Waals surface area (Å²) in [6.07, 6.45) is 0. The molecule has 0 aliphatic carbocycles. The third kappa shape index (κ3) is 20.3. The molecule has 0 bridgehead atoms. The number of rotatable bonds is 0. The summed E-state index contributed by atoms with van der Waals surface area (Å²) in [6, 6.07) is 0. The third-order valence-electron chi connectivity index (χ3n) is 0. The van der Waals surface area contributed by atoms with Crippen molar-refractivity contribution in [2.75, 3.05) is 0 Å². The zero-order valence-corrected chi connectivity index (χ0v) is 8.97. The van der Waals surface area contributed by atoms with Crippen molar-refractivity contribution >= 4 is 0 Å². The summed E-state index contributed by atoms with van der Waals surface area (Å²) in [7, 11) is 0. The van der Waals surface area contributed by atoms with Crippen molar-refractivity contribution in [2.24, 2.45) is 0 Å². The molecule has 0 aliphatic heterocycles. The van der Waals surface area contributed by atoms with Crippen molar-refractivity contribution in [3.8, 4) is 0 Å². The van der Waals surface area contributed by atoms with Gasteiger partial charge in [-0.2, -0.15) is 0 Å². The average molecular weight is 318 g/mol. The topological polar surface area (TPSA) is 57.0 Å². The molecule has 0 amide bonds. The smallest absolute Gasteiger partial charge is 2.00 e. The zero-order valence-electron chi connectivity index (χ0n) is 2.19. The van der Waals surface area contributed by atoms with E-state index < -0.39 is 0 Å². The van der Waals surface area contributed by atoms with Crippen molar-refractivity contribution in [3.05, 3.63) is 0 Å². The minimum atomic E-state index is 0. The fourth-order valence-corrected chi connectivity index (χ4v) is 0. The minimum absolute atomic E-state index is 0. The molecular formula is CeMnO2Zr. The molecule has 5 heavy (non-hydrogen) atoms. The Morgan fingerprint density at radius 2 is 0.800 bits per heavy atom. The molecule has 0 aliphatic rings. The van der Waals surface area contributed by atoms with Gasteiger partial charge in [-0.25, -0.2) is 0 Å². The van der Waals surface area contributed by atoms with E-state index in [0.717, 1.165) is 0 Å². The van der Waals surface area contributed by atoms with Crippen LogP contribution in [0.3, 0.4) is 0 Å². The van der Waals surface area contributed by atoms with E-state index in [4.69, 9.17) is 0 Å². The van der Waals surface area contributed by atoms with Gasteiger partial charge in [-0.15, -0.1) is 0 Å². The van der Waals surface area contributed by atoms with Crippen molar-refractivity contribution in [1.29, 1.82) is 0 Å². The molecule has 0 aromatic rings. The van der Waals surface area contributed by atoms with Crippen LogP contribution in [0.5, 0.6) is 0 Å². The van der Waals surface area contributed by atoms with Crippen LogP contribution in [0, 0.1) is 41.7 Å². The molecule has 0 atom stereocenters. The first-order valence-electron chi connectivity index (χ1n) is 0. The molecule has 0 saturated heterocycles. The van der Waals surface area contributed by atoms with Gasteiger partial charge in [0.15, 0.2) is 0 Å². The Labute approximate surface area is 94.1 Å². The fraction of sp³-hybridized carbons (Fsp3) is 0. The van der Waals surface area contributed by atoms with Crippen LogP contribution in [0.1, 0.15) is 0 Å². The molecular weight excluding hydrogens is 318 g/mol. The molecule has 0 saturated carbocycles. The predicted molar refractivity (Wildman–Crippen MR) is 1.37 cm³/mol. The quantitative estimate of drug-likeness (QED) is 0.554. The largest absolute Gasteiger partial charge is 4.00 e. The predicted octanol–water partition coefficient (Wildman–Crippen LogP) is -0.243. The molecule has 2 nitrogen and oxygen atoms in total. The molecule has 0 heterocycles. The Hall–Kier alpha value is 2.70. The minimum Gasteiger partial charge on any atom is -2.00 e. The van der Waals surface area contributed by atoms with Gasteiger partial charge >= 0.3 is 26.2 Å². The normalized spacial score (nSPS) is 0. The second kappa shape index (κ2) is 29.9. The van der Waals surface area contributed by atoms with Crippen molar-refractivity contribution < 1.29 is 96.0 Å². The average Bonchev–Trinajstić information content (AvgIpc) is 0. The maximum atomic E-state index is 0. The third-order valence-corrected chi connectivity index (χ3v) is 0. The van der Waals surface area contributed by atoms with Crippen molar-refractivity contribution in [2.45, 2.75) is 0 Å². The second-order valence-electron chi connectivity index (χ2n) is 0. The van der Waals surface area contributed by atoms with Gasteiger partial charge in [-0.3, -0.25) is 0 Å². The molecule has 5 heteroatoms. The molecule has 0 spiro atoms. The summed E-state index contributed by atoms with van der Waals surface area (Å²) >= 11 is 0. The monoisotopic (exact) mass is 317 g/mol. The Morgan fingerprint density at radius 3 is 0.800 bits per heavy atom. The molecule has 0 aromatic carbocycles. The van der Waals surface area contributed by atoms with E-state index in [0.29, 0.717) is 0 Å². The van der Waals surface area contributed by atoms with Gasteiger partial charge < -0.3 is 11.0 Å². The molecule has 0 aromatic heterocycles. The van der Waals surface area contributed by atoms with Crippen LogP contribution in [0.4, 0.5) is 0 Å². The van der Waals surface area contributed by atoms with Crippen LogP contribution in [-0.2, 0) is 54.2 Å². The Kier molecular flexibility index (Phi) is 283. The van der Waals surface area contributed by atoms with Crippen LogP contribution in [-0.4, -0.2) is 0 Å². The summed E-state index contributed by atoms with van der Waals surface area (Å²) < 4.78 is 0. The molecule has 0 rings (SSSR count). The van der Waals surface area contributed by atoms with Gasteiger partial charge in [-0.05, 0) is 0 Å². The van der Waals surface area contributed by atoms with E-state index in [1.807, 2.05) is 0 Å². The van der Waals surface area contributed by atoms with Gasteiger partial charge in [0.2, 0.25) is 0 Å². The maximum Gasteiger partial charge on any atom is 4.00 e. The van der Waals surface area contributed by atoms with Crippen LogP contribution >= 0.6 is 0 Å². The Morgan fingerprint density at radius 1 is 0.800 bits per heavy atom. The van der Waals surface area contributed by atoms with Crippen LogP contribution in [0.15, 0.2) is 0 Å². The first-order valence-corrected chi connectivity index (χ1v) is 0. The molecule has 0 unspecified atom stereocenters. The van der Waals surface area contributed by atoms with Crippen LogP contribution in [0.2, 0.25) is 0 Å². The Bertz CT molecular complexity index is 9.61. The van der Waals surface area contributed by atoms with E-state index in [9.17, 15) is 0 Å². The van der Waals surface area contributed by atoms with E-state index in [1.54, 1.807) is 0 Å². The standard InChI is InChI=1S/Ce.Mn.2O.Zr/q;;2*-2;+4. The number of hydrogen-bond acceptors (Lipinski definition) is 0. The summed E-state index contributed by atoms with van der Waals surface area (Å²) in [5.41, 5.74) is 0. The SMILES string of the molecule is [Ce].[Mn].[O-2].[O-2].[Zr+4]. The number of hydrogen-bond donors (Lipinski definition) is 0. The van der Waals surface area contributed by atoms with Crippen LogP contribution < -0.4 is 0 Å². The fourth-order valence-electron chi connectivity index (χ4n) is 0. The maximum absolute atomic E-state index is 0. The van der Waals surface area contributed by atoms with Gasteiger partial charge in [-0.1, -0.05) is 0 Å². The van der Waals surface area contributed by atoms with E-state index in [-0.39, 0.29) is 96.0 Å². The summed E-state index contributed by atoms with van der Waals surface area (Å²) in [5, 5.41) is 0. The van der Waals surface area contributed by atoms with Gasteiger partial charge in [0, 0.05) is 58.8 Å². The van der Waals surface area contributed by atoms with Crippen molar-refractivity contribution in [3.63, 3.8) is 0 Å². The molecule has 0 N–H and O–H groups in total. The molecule has 1 radical (unpaired) electrons. The van der Waals surface area contributed by atoms with Crippen molar-refractivity contribution in [1.82, 2.24) is 0 Å². The molecule has 0 fully saturated rings. The van der Waals surface area contributed by atoms with Gasteiger partial charge in [0.1, 0.15) is 0 Å². The first kappa shape index (κ1) is 47.4. The first-order chi connectivity index (χ1) is 0. The molecule has 27 valence electrons. The zero-order chi connectivity index (χ0) is 0. The van der Waals surface area contributed by atoms with E-state index >= 15 is 0 Å². The summed E-state index contributed by atoms with van der Waals surface area (Å²) in [5.74, 6) is 0. The summed E-state index contributed by atoms with van der Waals surface area (Å²) in [6.45, 7) is 0. The van der Waals surface area contributed by atoms with E-state index in [2.05, 4.69) is 0 Å². The summed E-state index contributed by atoms with van der Waals surface area (Å²) in [4.78, 5) is 0. The Balaban J connectivity index is 0. The second-order valence-corrected chi connectivity index (χ2v) is 0. The van der Waals surface area contributed by atoms with Crippen LogP contribution in [0.25, 0.3) is 0 Å². The van der Waals surface area contributed by atoms with Gasteiger partial charge in [0.05, 0.1) is 0 Å². The van der Waals surface area contributed by atoms with Gasteiger partial charge in [0.25, 0.3) is 0 Å².